The number of aryl methyl sites for hydroxylation is 1. The van der Waals surface area contributed by atoms with Crippen LogP contribution >= 0.6 is 11.6 Å². The molecule has 0 radical (unpaired) electrons. The van der Waals surface area contributed by atoms with Crippen molar-refractivity contribution in [1.29, 1.82) is 0 Å². The van der Waals surface area contributed by atoms with Gasteiger partial charge in [-0.3, -0.25) is 9.59 Å². The van der Waals surface area contributed by atoms with Gasteiger partial charge in [0.25, 0.3) is 5.91 Å². The lowest BCUT2D eigenvalue weighted by Gasteiger charge is -2.09. The molecule has 0 saturated carbocycles. The normalized spacial score (nSPS) is 10.7. The van der Waals surface area contributed by atoms with Crippen molar-refractivity contribution in [2.24, 2.45) is 0 Å². The average molecular weight is 420 g/mol. The van der Waals surface area contributed by atoms with E-state index in [4.69, 9.17) is 11.6 Å². The molecule has 0 fully saturated rings. The molecule has 3 rings (SSSR count). The first kappa shape index (κ1) is 20.4. The van der Waals surface area contributed by atoms with Gasteiger partial charge in [0.05, 0.1) is 5.69 Å². The topological polar surface area (TPSA) is 88.9 Å². The third-order valence-corrected chi connectivity index (χ3v) is 4.38. The van der Waals surface area contributed by atoms with Crippen molar-refractivity contribution < 1.29 is 18.4 Å². The highest BCUT2D eigenvalue weighted by Crippen LogP contribution is 2.20. The number of rotatable bonds is 5. The maximum Gasteiger partial charge on any atom is 0.278 e. The number of carbonyl (C=O) groups is 2. The van der Waals surface area contributed by atoms with Crippen LogP contribution in [0.25, 0.3) is 0 Å². The lowest BCUT2D eigenvalue weighted by Crippen LogP contribution is -2.21. The highest BCUT2D eigenvalue weighted by molar-refractivity contribution is 6.31. The minimum atomic E-state index is -1.09. The van der Waals surface area contributed by atoms with Crippen molar-refractivity contribution in [3.05, 3.63) is 70.0 Å². The van der Waals surface area contributed by atoms with Gasteiger partial charge < -0.3 is 10.6 Å². The molecule has 0 bridgehead atoms. The molecular formula is C19H16ClF2N5O2. The number of benzene rings is 2. The second kappa shape index (κ2) is 8.36. The molecule has 0 aliphatic rings. The van der Waals surface area contributed by atoms with Crippen LogP contribution < -0.4 is 10.6 Å². The summed E-state index contributed by atoms with van der Waals surface area (Å²) in [6.45, 7) is 3.22. The molecule has 7 nitrogen and oxygen atoms in total. The van der Waals surface area contributed by atoms with E-state index in [1.54, 1.807) is 25.1 Å². The van der Waals surface area contributed by atoms with Crippen LogP contribution in [-0.4, -0.2) is 26.8 Å². The minimum Gasteiger partial charge on any atom is -0.324 e. The summed E-state index contributed by atoms with van der Waals surface area (Å²) >= 11 is 5.94. The van der Waals surface area contributed by atoms with Gasteiger partial charge >= 0.3 is 0 Å². The Balaban J connectivity index is 1.69. The number of amides is 2. The van der Waals surface area contributed by atoms with Gasteiger partial charge in [-0.2, -0.15) is 0 Å². The van der Waals surface area contributed by atoms with E-state index in [2.05, 4.69) is 20.9 Å². The van der Waals surface area contributed by atoms with Crippen molar-refractivity contribution in [3.63, 3.8) is 0 Å². The van der Waals surface area contributed by atoms with Crippen LogP contribution in [0, 0.1) is 25.5 Å². The third kappa shape index (κ3) is 4.75. The summed E-state index contributed by atoms with van der Waals surface area (Å²) in [6, 6.07) is 8.09. The van der Waals surface area contributed by atoms with E-state index >= 15 is 0 Å². The smallest absolute Gasteiger partial charge is 0.278 e. The van der Waals surface area contributed by atoms with Crippen LogP contribution in [0.5, 0.6) is 0 Å². The van der Waals surface area contributed by atoms with Gasteiger partial charge in [-0.05, 0) is 43.7 Å². The predicted molar refractivity (Wildman–Crippen MR) is 104 cm³/mol. The second-order valence-electron chi connectivity index (χ2n) is 6.27. The maximum atomic E-state index is 13.3. The van der Waals surface area contributed by atoms with E-state index in [9.17, 15) is 18.4 Å². The first-order valence-corrected chi connectivity index (χ1v) is 8.85. The Morgan fingerprint density at radius 2 is 1.83 bits per heavy atom. The van der Waals surface area contributed by atoms with Crippen LogP contribution in [0.2, 0.25) is 5.02 Å². The number of aromatic nitrogens is 3. The summed E-state index contributed by atoms with van der Waals surface area (Å²) in [6.07, 6.45) is 0. The van der Waals surface area contributed by atoms with Gasteiger partial charge in [0.2, 0.25) is 5.91 Å². The van der Waals surface area contributed by atoms with Gasteiger partial charge in [-0.15, -0.1) is 5.10 Å². The fourth-order valence-corrected chi connectivity index (χ4v) is 2.71. The Hall–Kier alpha value is -3.33. The quantitative estimate of drug-likeness (QED) is 0.659. The lowest BCUT2D eigenvalue weighted by atomic mass is 10.2. The molecule has 150 valence electrons. The summed E-state index contributed by atoms with van der Waals surface area (Å²) in [5, 5.41) is 13.2. The van der Waals surface area contributed by atoms with Crippen molar-refractivity contribution >= 4 is 34.8 Å². The van der Waals surface area contributed by atoms with Crippen LogP contribution in [-0.2, 0) is 11.3 Å². The Labute approximate surface area is 169 Å². The molecule has 2 aromatic carbocycles. The predicted octanol–water partition coefficient (Wildman–Crippen LogP) is 3.72. The Morgan fingerprint density at radius 3 is 2.55 bits per heavy atom. The standard InChI is InChI=1S/C19H16ClF2N5O2/c1-10-3-4-12(20)7-16(10)24-17(28)9-27-11(2)18(25-26-27)19(29)23-13-5-6-14(21)15(22)8-13/h3-8H,9H2,1-2H3,(H,23,29)(H,24,28). The molecule has 0 aliphatic carbocycles. The monoisotopic (exact) mass is 419 g/mol. The molecule has 3 aromatic rings. The van der Waals surface area contributed by atoms with Crippen LogP contribution in [0.3, 0.4) is 0 Å². The number of anilines is 2. The zero-order valence-corrected chi connectivity index (χ0v) is 16.2. The maximum absolute atomic E-state index is 13.3. The number of hydrogen-bond acceptors (Lipinski definition) is 4. The number of nitrogens with zero attached hydrogens (tertiary/aromatic N) is 3. The van der Waals surface area contributed by atoms with Crippen molar-refractivity contribution in [2.45, 2.75) is 20.4 Å². The zero-order valence-electron chi connectivity index (χ0n) is 15.5. The van der Waals surface area contributed by atoms with Gasteiger partial charge in [0.1, 0.15) is 6.54 Å². The first-order chi connectivity index (χ1) is 13.7. The van der Waals surface area contributed by atoms with Gasteiger partial charge in [0.15, 0.2) is 17.3 Å². The highest BCUT2D eigenvalue weighted by Gasteiger charge is 2.19. The lowest BCUT2D eigenvalue weighted by molar-refractivity contribution is -0.117. The molecule has 2 amide bonds. The molecule has 1 aromatic heterocycles. The van der Waals surface area contributed by atoms with Crippen LogP contribution in [0.1, 0.15) is 21.7 Å². The fraction of sp³-hybridized carbons (Fsp3) is 0.158. The van der Waals surface area contributed by atoms with E-state index in [0.717, 1.165) is 17.7 Å². The van der Waals surface area contributed by atoms with Crippen LogP contribution in [0.4, 0.5) is 20.2 Å². The molecule has 2 N–H and O–H groups in total. The molecule has 0 saturated heterocycles. The Morgan fingerprint density at radius 1 is 1.07 bits per heavy atom. The number of carbonyl (C=O) groups excluding carboxylic acids is 2. The zero-order chi connectivity index (χ0) is 21.1. The van der Waals surface area contributed by atoms with E-state index in [1.165, 1.54) is 10.7 Å². The molecule has 0 unspecified atom stereocenters. The Bertz CT molecular complexity index is 1100. The summed E-state index contributed by atoms with van der Waals surface area (Å²) in [4.78, 5) is 24.7. The van der Waals surface area contributed by atoms with E-state index < -0.39 is 17.5 Å². The van der Waals surface area contributed by atoms with Crippen molar-refractivity contribution in [3.8, 4) is 0 Å². The van der Waals surface area contributed by atoms with Crippen molar-refractivity contribution in [1.82, 2.24) is 15.0 Å². The number of nitrogens with one attached hydrogen (secondary N) is 2. The number of halogens is 3. The van der Waals surface area contributed by atoms with Crippen molar-refractivity contribution in [2.75, 3.05) is 10.6 Å². The molecule has 10 heteroatoms. The van der Waals surface area contributed by atoms with E-state index in [1.807, 2.05) is 6.92 Å². The highest BCUT2D eigenvalue weighted by atomic mass is 35.5. The number of hydrogen-bond donors (Lipinski definition) is 2. The third-order valence-electron chi connectivity index (χ3n) is 4.14. The molecule has 1 heterocycles. The molecular weight excluding hydrogens is 404 g/mol. The second-order valence-corrected chi connectivity index (χ2v) is 6.71. The van der Waals surface area contributed by atoms with Gasteiger partial charge in [-0.25, -0.2) is 13.5 Å². The average Bonchev–Trinajstić information content (AvgIpc) is 3.02. The molecule has 0 atom stereocenters. The largest absolute Gasteiger partial charge is 0.324 e. The fourth-order valence-electron chi connectivity index (χ4n) is 2.54. The van der Waals surface area contributed by atoms with Gasteiger partial charge in [0, 0.05) is 22.5 Å². The van der Waals surface area contributed by atoms with Gasteiger partial charge in [-0.1, -0.05) is 22.9 Å². The first-order valence-electron chi connectivity index (χ1n) is 8.47. The summed E-state index contributed by atoms with van der Waals surface area (Å²) < 4.78 is 27.5. The SMILES string of the molecule is Cc1ccc(Cl)cc1NC(=O)Cn1nnc(C(=O)Nc2ccc(F)c(F)c2)c1C. The summed E-state index contributed by atoms with van der Waals surface area (Å²) in [7, 11) is 0. The Kier molecular flexibility index (Phi) is 5.88. The molecule has 0 spiro atoms. The summed E-state index contributed by atoms with van der Waals surface area (Å²) in [5.74, 6) is -3.15. The minimum absolute atomic E-state index is 0.0403. The van der Waals surface area contributed by atoms with E-state index in [0.29, 0.717) is 16.4 Å². The summed E-state index contributed by atoms with van der Waals surface area (Å²) in [5.41, 5.74) is 1.77. The van der Waals surface area contributed by atoms with E-state index in [-0.39, 0.29) is 23.8 Å². The molecule has 29 heavy (non-hydrogen) atoms. The van der Waals surface area contributed by atoms with Crippen LogP contribution in [0.15, 0.2) is 36.4 Å². The molecule has 0 aliphatic heterocycles.